The number of aliphatic hydroxyl groups is 1. The van der Waals surface area contributed by atoms with Crippen molar-refractivity contribution in [2.45, 2.75) is 50.8 Å². The highest BCUT2D eigenvalue weighted by atomic mass is 19.1. The van der Waals surface area contributed by atoms with Crippen LogP contribution in [0.15, 0.2) is 42.5 Å². The van der Waals surface area contributed by atoms with Crippen molar-refractivity contribution in [3.8, 4) is 11.8 Å². The number of carbonyl (C=O) groups is 1. The quantitative estimate of drug-likeness (QED) is 0.584. The molecule has 0 heterocycles. The zero-order valence-electron chi connectivity index (χ0n) is 17.1. The molecule has 0 spiro atoms. The molecule has 1 aliphatic rings. The van der Waals surface area contributed by atoms with Crippen LogP contribution in [0.2, 0.25) is 0 Å². The number of halogens is 2. The molecule has 0 aromatic heterocycles. The minimum atomic E-state index is -0.934. The lowest BCUT2D eigenvalue weighted by atomic mass is 9.98. The monoisotopic (exact) mass is 412 g/mol. The van der Waals surface area contributed by atoms with Gasteiger partial charge in [0.15, 0.2) is 0 Å². The second-order valence-corrected chi connectivity index (χ2v) is 7.77. The van der Waals surface area contributed by atoms with Crippen molar-refractivity contribution in [1.29, 1.82) is 0 Å². The Labute approximate surface area is 175 Å². The maximum atomic E-state index is 13.5. The van der Waals surface area contributed by atoms with Crippen LogP contribution in [0.25, 0.3) is 0 Å². The largest absolute Gasteiger partial charge is 0.390 e. The number of carbonyl (C=O) groups excluding carboxylic acids is 1. The zero-order chi connectivity index (χ0) is 21.7. The van der Waals surface area contributed by atoms with Gasteiger partial charge in [-0.25, -0.2) is 8.78 Å². The minimum absolute atomic E-state index is 0.117. The second kappa shape index (κ2) is 9.38. The van der Waals surface area contributed by atoms with Gasteiger partial charge in [0.2, 0.25) is 5.91 Å². The number of hydrogen-bond acceptors (Lipinski definition) is 3. The molecular formula is C24H26F2N2O2. The molecule has 2 unspecified atom stereocenters. The first-order chi connectivity index (χ1) is 14.3. The van der Waals surface area contributed by atoms with Gasteiger partial charge in [-0.3, -0.25) is 4.79 Å². The van der Waals surface area contributed by atoms with E-state index in [1.165, 1.54) is 19.1 Å². The molecule has 0 radical (unpaired) electrons. The fourth-order valence-corrected chi connectivity index (χ4v) is 3.70. The van der Waals surface area contributed by atoms with Crippen LogP contribution in [0.5, 0.6) is 0 Å². The van der Waals surface area contributed by atoms with Gasteiger partial charge in [0.1, 0.15) is 11.6 Å². The summed E-state index contributed by atoms with van der Waals surface area (Å²) in [4.78, 5) is 11.6. The van der Waals surface area contributed by atoms with Gasteiger partial charge in [-0.05, 0) is 61.6 Å². The third-order valence-corrected chi connectivity index (χ3v) is 5.32. The molecule has 4 nitrogen and oxygen atoms in total. The average molecular weight is 412 g/mol. The Kier molecular flexibility index (Phi) is 6.86. The summed E-state index contributed by atoms with van der Waals surface area (Å²) in [7, 11) is 0. The van der Waals surface area contributed by atoms with E-state index in [0.29, 0.717) is 5.56 Å². The van der Waals surface area contributed by atoms with Gasteiger partial charge >= 0.3 is 0 Å². The molecule has 0 bridgehead atoms. The van der Waals surface area contributed by atoms with Crippen molar-refractivity contribution in [2.24, 2.45) is 0 Å². The SMILES string of the molecule is CC#Cc1cccc(C2(NCC(O)C(Cc3cc(F)cc(F)c3)NC(C)=O)CC2)c1. The van der Waals surface area contributed by atoms with E-state index in [0.717, 1.165) is 30.0 Å². The fraction of sp³-hybridized carbons (Fsp3) is 0.375. The van der Waals surface area contributed by atoms with Gasteiger partial charge in [-0.2, -0.15) is 0 Å². The maximum absolute atomic E-state index is 13.5. The van der Waals surface area contributed by atoms with Crippen LogP contribution in [-0.2, 0) is 16.8 Å². The van der Waals surface area contributed by atoms with Crippen LogP contribution in [0.4, 0.5) is 8.78 Å². The first-order valence-corrected chi connectivity index (χ1v) is 10.00. The molecule has 1 aliphatic carbocycles. The molecule has 2 aromatic rings. The lowest BCUT2D eigenvalue weighted by Gasteiger charge is -2.27. The van der Waals surface area contributed by atoms with Crippen LogP contribution in [0, 0.1) is 23.5 Å². The number of amides is 1. The highest BCUT2D eigenvalue weighted by Crippen LogP contribution is 2.45. The van der Waals surface area contributed by atoms with E-state index in [4.69, 9.17) is 0 Å². The molecule has 30 heavy (non-hydrogen) atoms. The molecule has 1 saturated carbocycles. The highest BCUT2D eigenvalue weighted by molar-refractivity contribution is 5.73. The number of hydrogen-bond donors (Lipinski definition) is 3. The third-order valence-electron chi connectivity index (χ3n) is 5.32. The summed E-state index contributed by atoms with van der Waals surface area (Å²) in [5.74, 6) is 4.25. The van der Waals surface area contributed by atoms with Crippen molar-refractivity contribution in [2.75, 3.05) is 6.54 Å². The van der Waals surface area contributed by atoms with Crippen molar-refractivity contribution >= 4 is 5.91 Å². The molecule has 3 N–H and O–H groups in total. The molecule has 158 valence electrons. The van der Waals surface area contributed by atoms with Crippen molar-refractivity contribution in [3.63, 3.8) is 0 Å². The van der Waals surface area contributed by atoms with Gasteiger partial charge in [0.05, 0.1) is 12.1 Å². The Morgan fingerprint density at radius 2 is 1.90 bits per heavy atom. The predicted octanol–water partition coefficient (Wildman–Crippen LogP) is 3.02. The first kappa shape index (κ1) is 21.9. The maximum Gasteiger partial charge on any atom is 0.217 e. The minimum Gasteiger partial charge on any atom is -0.390 e. The summed E-state index contributed by atoms with van der Waals surface area (Å²) in [6.45, 7) is 3.37. The summed E-state index contributed by atoms with van der Waals surface area (Å²) < 4.78 is 27.0. The Bertz CT molecular complexity index is 956. The number of rotatable bonds is 8. The number of nitrogens with one attached hydrogen (secondary N) is 2. The second-order valence-electron chi connectivity index (χ2n) is 7.77. The highest BCUT2D eigenvalue weighted by Gasteiger charge is 2.44. The molecule has 1 amide bonds. The van der Waals surface area contributed by atoms with Gasteiger partial charge in [-0.1, -0.05) is 18.1 Å². The van der Waals surface area contributed by atoms with Crippen molar-refractivity contribution < 1.29 is 18.7 Å². The zero-order valence-corrected chi connectivity index (χ0v) is 17.1. The molecule has 0 aliphatic heterocycles. The van der Waals surface area contributed by atoms with E-state index < -0.39 is 23.8 Å². The molecule has 6 heteroatoms. The molecular weight excluding hydrogens is 386 g/mol. The Hall–Kier alpha value is -2.75. The lowest BCUT2D eigenvalue weighted by Crippen LogP contribution is -2.49. The summed E-state index contributed by atoms with van der Waals surface area (Å²) in [6.07, 6.45) is 1.05. The van der Waals surface area contributed by atoms with Gasteiger partial charge in [0, 0.05) is 30.6 Å². The first-order valence-electron chi connectivity index (χ1n) is 10.00. The van der Waals surface area contributed by atoms with Crippen LogP contribution in [-0.4, -0.2) is 29.7 Å². The normalized spacial score (nSPS) is 16.2. The Balaban J connectivity index is 1.69. The molecule has 1 fully saturated rings. The van der Waals surface area contributed by atoms with Crippen LogP contribution >= 0.6 is 0 Å². The van der Waals surface area contributed by atoms with Gasteiger partial charge in [-0.15, -0.1) is 5.92 Å². The topological polar surface area (TPSA) is 61.4 Å². The number of benzene rings is 2. The van der Waals surface area contributed by atoms with E-state index in [-0.39, 0.29) is 24.4 Å². The predicted molar refractivity (Wildman–Crippen MR) is 112 cm³/mol. The molecule has 3 rings (SSSR count). The van der Waals surface area contributed by atoms with Gasteiger partial charge in [0.25, 0.3) is 0 Å². The standard InChI is InChI=1S/C24H26F2N2O2/c1-3-5-17-6-4-7-19(10-17)24(8-9-24)27-15-23(30)22(28-16(2)29)13-18-11-20(25)14-21(26)12-18/h4,6-7,10-12,14,22-23,27,30H,8-9,13,15H2,1-2H3,(H,28,29). The van der Waals surface area contributed by atoms with Crippen LogP contribution in [0.1, 0.15) is 43.4 Å². The van der Waals surface area contributed by atoms with Crippen LogP contribution in [0.3, 0.4) is 0 Å². The Morgan fingerprint density at radius 1 is 1.20 bits per heavy atom. The number of aliphatic hydroxyl groups excluding tert-OH is 1. The summed E-state index contributed by atoms with van der Waals surface area (Å²) >= 11 is 0. The van der Waals surface area contributed by atoms with E-state index in [9.17, 15) is 18.7 Å². The Morgan fingerprint density at radius 3 is 2.50 bits per heavy atom. The summed E-state index contributed by atoms with van der Waals surface area (Å²) in [5.41, 5.74) is 2.20. The molecule has 2 atom stereocenters. The summed E-state index contributed by atoms with van der Waals surface area (Å²) in [6, 6.07) is 10.5. The van der Waals surface area contributed by atoms with E-state index in [1.54, 1.807) is 6.92 Å². The van der Waals surface area contributed by atoms with E-state index in [1.807, 2.05) is 24.3 Å². The average Bonchev–Trinajstić information content (AvgIpc) is 3.46. The lowest BCUT2D eigenvalue weighted by molar-refractivity contribution is -0.120. The molecule has 2 aromatic carbocycles. The van der Waals surface area contributed by atoms with Gasteiger partial charge < -0.3 is 15.7 Å². The van der Waals surface area contributed by atoms with Crippen LogP contribution < -0.4 is 10.6 Å². The van der Waals surface area contributed by atoms with Crippen molar-refractivity contribution in [1.82, 2.24) is 10.6 Å². The van der Waals surface area contributed by atoms with E-state index >= 15 is 0 Å². The van der Waals surface area contributed by atoms with E-state index in [2.05, 4.69) is 22.5 Å². The fourth-order valence-electron chi connectivity index (χ4n) is 3.70. The van der Waals surface area contributed by atoms with Crippen molar-refractivity contribution in [3.05, 3.63) is 70.8 Å². The summed E-state index contributed by atoms with van der Waals surface area (Å²) in [5, 5.41) is 16.9. The molecule has 0 saturated heterocycles. The third kappa shape index (κ3) is 5.65. The smallest absolute Gasteiger partial charge is 0.217 e.